The van der Waals surface area contributed by atoms with Gasteiger partial charge in [-0.1, -0.05) is 18.2 Å². The molecule has 0 aliphatic carbocycles. The van der Waals surface area contributed by atoms with Crippen molar-refractivity contribution in [3.63, 3.8) is 0 Å². The van der Waals surface area contributed by atoms with Crippen LogP contribution in [0.4, 0.5) is 4.39 Å². The molecular weight excluding hydrogens is 471 g/mol. The van der Waals surface area contributed by atoms with Crippen LogP contribution in [0.1, 0.15) is 53.2 Å². The van der Waals surface area contributed by atoms with Crippen molar-refractivity contribution < 1.29 is 23.8 Å². The van der Waals surface area contributed by atoms with Gasteiger partial charge < -0.3 is 15.2 Å². The van der Waals surface area contributed by atoms with Gasteiger partial charge in [-0.25, -0.2) is 9.37 Å². The molecule has 1 aromatic heterocycles. The maximum Gasteiger partial charge on any atom is 0.303 e. The van der Waals surface area contributed by atoms with E-state index in [2.05, 4.69) is 5.32 Å². The molecule has 6 nitrogen and oxygen atoms in total. The lowest BCUT2D eigenvalue weighted by Gasteiger charge is -2.26. The van der Waals surface area contributed by atoms with Crippen LogP contribution in [-0.2, 0) is 11.2 Å². The quantitative estimate of drug-likeness (QED) is 0.287. The third kappa shape index (κ3) is 5.61. The van der Waals surface area contributed by atoms with Gasteiger partial charge in [0.2, 0.25) is 0 Å². The van der Waals surface area contributed by atoms with E-state index < -0.39 is 5.97 Å². The summed E-state index contributed by atoms with van der Waals surface area (Å²) in [6.45, 7) is 0.543. The lowest BCUT2D eigenvalue weighted by molar-refractivity contribution is -0.137. The number of fused-ring (bicyclic) bond motifs is 2. The molecule has 5 rings (SSSR count). The Morgan fingerprint density at radius 2 is 1.84 bits per heavy atom. The predicted octanol–water partition coefficient (Wildman–Crippen LogP) is 6.09. The average Bonchev–Trinajstić information content (AvgIpc) is 2.91. The molecule has 188 valence electrons. The molecule has 7 heteroatoms. The number of unbranched alkanes of at least 4 members (excludes halogenated alkanes) is 1. The summed E-state index contributed by atoms with van der Waals surface area (Å²) in [6.07, 6.45) is 2.65. The standard InChI is InChI=1S/C30H27FN2O4/c31-23-12-9-19(10-13-23)29-20(5-1-4-8-28(34)35)17-22-18-21(11-14-25(22)32-29)30(36)33-26-15-16-37-27-7-3-2-6-24(26)27/h2-3,6-7,9-14,17-18,26H,1,4-5,8,15-16H2,(H,33,36)(H,34,35)/t26-/m1/s1. The van der Waals surface area contributed by atoms with Gasteiger partial charge in [-0.15, -0.1) is 0 Å². The van der Waals surface area contributed by atoms with E-state index in [9.17, 15) is 14.0 Å². The Hall–Kier alpha value is -4.26. The molecule has 1 aliphatic rings. The van der Waals surface area contributed by atoms with E-state index in [1.165, 1.54) is 12.1 Å². The summed E-state index contributed by atoms with van der Waals surface area (Å²) < 4.78 is 19.2. The van der Waals surface area contributed by atoms with E-state index in [-0.39, 0.29) is 24.2 Å². The molecular formula is C30H27FN2O4. The van der Waals surface area contributed by atoms with E-state index >= 15 is 0 Å². The largest absolute Gasteiger partial charge is 0.493 e. The second-order valence-corrected chi connectivity index (χ2v) is 9.21. The van der Waals surface area contributed by atoms with Crippen molar-refractivity contribution in [3.8, 4) is 17.0 Å². The maximum absolute atomic E-state index is 13.5. The number of pyridine rings is 1. The smallest absolute Gasteiger partial charge is 0.303 e. The third-order valence-electron chi connectivity index (χ3n) is 6.62. The molecule has 0 saturated heterocycles. The average molecular weight is 499 g/mol. The summed E-state index contributed by atoms with van der Waals surface area (Å²) >= 11 is 0. The van der Waals surface area contributed by atoms with Crippen molar-refractivity contribution in [1.29, 1.82) is 0 Å². The number of carboxylic acids is 1. The topological polar surface area (TPSA) is 88.5 Å². The molecule has 1 aliphatic heterocycles. The first kappa shape index (κ1) is 24.4. The minimum absolute atomic E-state index is 0.104. The number of amides is 1. The van der Waals surface area contributed by atoms with Gasteiger partial charge in [0.05, 0.1) is 23.9 Å². The molecule has 0 fully saturated rings. The summed E-state index contributed by atoms with van der Waals surface area (Å²) in [7, 11) is 0. The molecule has 2 N–H and O–H groups in total. The van der Waals surface area contributed by atoms with E-state index in [1.807, 2.05) is 42.5 Å². The van der Waals surface area contributed by atoms with Crippen molar-refractivity contribution >= 4 is 22.8 Å². The fraction of sp³-hybridized carbons (Fsp3) is 0.233. The van der Waals surface area contributed by atoms with Crippen molar-refractivity contribution in [2.75, 3.05) is 6.61 Å². The molecule has 37 heavy (non-hydrogen) atoms. The minimum Gasteiger partial charge on any atom is -0.493 e. The monoisotopic (exact) mass is 498 g/mol. The number of ether oxygens (including phenoxy) is 1. The van der Waals surface area contributed by atoms with E-state index in [0.717, 1.165) is 39.0 Å². The Bertz CT molecular complexity index is 1450. The van der Waals surface area contributed by atoms with Crippen molar-refractivity contribution in [2.24, 2.45) is 0 Å². The Morgan fingerprint density at radius 1 is 1.03 bits per heavy atom. The number of carbonyl (C=O) groups is 2. The molecule has 0 spiro atoms. The summed E-state index contributed by atoms with van der Waals surface area (Å²) in [5.74, 6) is -0.523. The Balaban J connectivity index is 1.43. The van der Waals surface area contributed by atoms with Gasteiger partial charge in [-0.05, 0) is 79.4 Å². The number of nitrogens with zero attached hydrogens (tertiary/aromatic N) is 1. The lowest BCUT2D eigenvalue weighted by atomic mass is 9.97. The third-order valence-corrected chi connectivity index (χ3v) is 6.62. The number of aromatic nitrogens is 1. The highest BCUT2D eigenvalue weighted by Gasteiger charge is 2.23. The Morgan fingerprint density at radius 3 is 2.65 bits per heavy atom. The number of hydrogen-bond donors (Lipinski definition) is 2. The Labute approximate surface area is 214 Å². The molecule has 2 heterocycles. The van der Waals surface area contributed by atoms with Gasteiger partial charge in [-0.3, -0.25) is 9.59 Å². The van der Waals surface area contributed by atoms with Crippen molar-refractivity contribution in [2.45, 2.75) is 38.1 Å². The first-order valence-corrected chi connectivity index (χ1v) is 12.4. The van der Waals surface area contributed by atoms with Crippen LogP contribution in [-0.4, -0.2) is 28.6 Å². The van der Waals surface area contributed by atoms with Gasteiger partial charge in [0.1, 0.15) is 11.6 Å². The second-order valence-electron chi connectivity index (χ2n) is 9.21. The van der Waals surface area contributed by atoms with Gasteiger partial charge in [0.15, 0.2) is 0 Å². The van der Waals surface area contributed by atoms with E-state index in [1.54, 1.807) is 18.2 Å². The zero-order valence-corrected chi connectivity index (χ0v) is 20.2. The lowest BCUT2D eigenvalue weighted by Crippen LogP contribution is -2.32. The van der Waals surface area contributed by atoms with Crippen LogP contribution in [0, 0.1) is 5.82 Å². The van der Waals surface area contributed by atoms with E-state index in [4.69, 9.17) is 14.8 Å². The molecule has 1 atom stereocenters. The molecule has 0 radical (unpaired) electrons. The number of aliphatic carboxylic acids is 1. The fourth-order valence-electron chi connectivity index (χ4n) is 4.74. The second kappa shape index (κ2) is 10.8. The molecule has 0 saturated carbocycles. The first-order chi connectivity index (χ1) is 18.0. The van der Waals surface area contributed by atoms with Gasteiger partial charge in [0, 0.05) is 34.9 Å². The van der Waals surface area contributed by atoms with Gasteiger partial charge in [0.25, 0.3) is 5.91 Å². The number of para-hydroxylation sites is 1. The summed E-state index contributed by atoms with van der Waals surface area (Å²) in [6, 6.07) is 21.2. The van der Waals surface area contributed by atoms with Crippen LogP contribution in [0.3, 0.4) is 0 Å². The number of aryl methyl sites for hydroxylation is 1. The molecule has 4 aromatic rings. The zero-order chi connectivity index (χ0) is 25.8. The summed E-state index contributed by atoms with van der Waals surface area (Å²) in [5.41, 5.74) is 4.68. The molecule has 3 aromatic carbocycles. The van der Waals surface area contributed by atoms with Crippen molar-refractivity contribution in [1.82, 2.24) is 10.3 Å². The summed E-state index contributed by atoms with van der Waals surface area (Å²) in [4.78, 5) is 29.0. The molecule has 0 unspecified atom stereocenters. The number of rotatable bonds is 8. The van der Waals surface area contributed by atoms with Crippen LogP contribution < -0.4 is 10.1 Å². The van der Waals surface area contributed by atoms with Crippen LogP contribution in [0.25, 0.3) is 22.2 Å². The number of benzene rings is 3. The highest BCUT2D eigenvalue weighted by molar-refractivity contribution is 5.98. The van der Waals surface area contributed by atoms with Crippen LogP contribution in [0.5, 0.6) is 5.75 Å². The normalized spacial score (nSPS) is 14.6. The number of carbonyl (C=O) groups excluding carboxylic acids is 1. The highest BCUT2D eigenvalue weighted by Crippen LogP contribution is 2.32. The number of halogens is 1. The summed E-state index contributed by atoms with van der Waals surface area (Å²) in [5, 5.41) is 12.9. The zero-order valence-electron chi connectivity index (χ0n) is 20.2. The SMILES string of the molecule is O=C(O)CCCCc1cc2cc(C(=O)N[C@@H]3CCOc4ccccc43)ccc2nc1-c1ccc(F)cc1. The predicted molar refractivity (Wildman–Crippen MR) is 139 cm³/mol. The van der Waals surface area contributed by atoms with Crippen LogP contribution in [0.15, 0.2) is 72.8 Å². The first-order valence-electron chi connectivity index (χ1n) is 12.4. The molecule has 0 bridgehead atoms. The van der Waals surface area contributed by atoms with Gasteiger partial charge >= 0.3 is 5.97 Å². The minimum atomic E-state index is -0.821. The van der Waals surface area contributed by atoms with E-state index in [0.29, 0.717) is 37.9 Å². The Kier molecular flexibility index (Phi) is 7.12. The number of hydrogen-bond acceptors (Lipinski definition) is 4. The van der Waals surface area contributed by atoms with Crippen LogP contribution in [0.2, 0.25) is 0 Å². The fourth-order valence-corrected chi connectivity index (χ4v) is 4.74. The highest BCUT2D eigenvalue weighted by atomic mass is 19.1. The number of carboxylic acid groups (broad SMARTS) is 1. The maximum atomic E-state index is 13.5. The van der Waals surface area contributed by atoms with Gasteiger partial charge in [-0.2, -0.15) is 0 Å². The number of nitrogens with one attached hydrogen (secondary N) is 1. The van der Waals surface area contributed by atoms with Crippen LogP contribution >= 0.6 is 0 Å². The van der Waals surface area contributed by atoms with Crippen molar-refractivity contribution in [3.05, 3.63) is 95.3 Å². The molecule has 1 amide bonds.